The number of aromatic nitrogens is 1. The molecule has 3 aromatic rings. The highest BCUT2D eigenvalue weighted by Gasteiger charge is 2.33. The summed E-state index contributed by atoms with van der Waals surface area (Å²) in [6.07, 6.45) is 4.56. The van der Waals surface area contributed by atoms with Gasteiger partial charge in [0.05, 0.1) is 8.07 Å². The normalized spacial score (nSPS) is 16.4. The van der Waals surface area contributed by atoms with Crippen molar-refractivity contribution in [3.63, 3.8) is 0 Å². The van der Waals surface area contributed by atoms with E-state index in [2.05, 4.69) is 68.2 Å². The fraction of sp³-hybridized carbons (Fsp3) is 0.350. The Morgan fingerprint density at radius 3 is 2.59 bits per heavy atom. The van der Waals surface area contributed by atoms with Crippen molar-refractivity contribution in [2.75, 3.05) is 0 Å². The van der Waals surface area contributed by atoms with Gasteiger partial charge in [0.25, 0.3) is 0 Å². The van der Waals surface area contributed by atoms with Gasteiger partial charge in [-0.15, -0.1) is 0 Å². The standard InChI is InChI=1S/C20H24NSi/c1-5-19-17-13-18-15(12-16(17)8-10-21(19)2)7-6-14-9-11-22(3,4)20(14)18/h6-8,10,12-13H,5,9,11H2,1-4H3/q+1. The van der Waals surface area contributed by atoms with Crippen LogP contribution in [0.15, 0.2) is 36.5 Å². The Morgan fingerprint density at radius 2 is 1.82 bits per heavy atom. The average molecular weight is 307 g/mol. The van der Waals surface area contributed by atoms with E-state index in [0.717, 1.165) is 6.42 Å². The molecule has 0 N–H and O–H groups in total. The first-order valence-electron chi connectivity index (χ1n) is 8.38. The van der Waals surface area contributed by atoms with Crippen LogP contribution in [0.4, 0.5) is 0 Å². The van der Waals surface area contributed by atoms with Crippen LogP contribution < -0.4 is 9.75 Å². The smallest absolute Gasteiger partial charge is 0.188 e. The molecule has 0 aliphatic carbocycles. The van der Waals surface area contributed by atoms with Crippen LogP contribution in [0.2, 0.25) is 19.1 Å². The fourth-order valence-corrected chi connectivity index (χ4v) is 7.48. The molecular weight excluding hydrogens is 282 g/mol. The molecule has 1 aliphatic rings. The highest BCUT2D eigenvalue weighted by atomic mass is 28.3. The number of rotatable bonds is 1. The molecule has 4 rings (SSSR count). The molecule has 0 atom stereocenters. The molecule has 0 saturated carbocycles. The van der Waals surface area contributed by atoms with Gasteiger partial charge in [-0.25, -0.2) is 4.57 Å². The molecule has 2 heterocycles. The van der Waals surface area contributed by atoms with Crippen LogP contribution in [-0.4, -0.2) is 8.07 Å². The number of benzene rings is 2. The molecule has 0 amide bonds. The summed E-state index contributed by atoms with van der Waals surface area (Å²) in [6.45, 7) is 7.33. The molecule has 0 saturated heterocycles. The van der Waals surface area contributed by atoms with Crippen LogP contribution in [0.5, 0.6) is 0 Å². The summed E-state index contributed by atoms with van der Waals surface area (Å²) >= 11 is 0. The summed E-state index contributed by atoms with van der Waals surface area (Å²) in [5.74, 6) is 0. The Hall–Kier alpha value is -1.67. The molecular formula is C20H24NSi+. The number of fused-ring (bicyclic) bond motifs is 4. The number of aryl methyl sites for hydroxylation is 3. The lowest BCUT2D eigenvalue weighted by atomic mass is 9.99. The Bertz CT molecular complexity index is 909. The first kappa shape index (κ1) is 14.0. The lowest BCUT2D eigenvalue weighted by Gasteiger charge is -2.19. The van der Waals surface area contributed by atoms with E-state index in [1.54, 1.807) is 10.8 Å². The van der Waals surface area contributed by atoms with E-state index in [9.17, 15) is 0 Å². The van der Waals surface area contributed by atoms with Crippen LogP contribution >= 0.6 is 0 Å². The quantitative estimate of drug-likeness (QED) is 0.365. The van der Waals surface area contributed by atoms with Crippen LogP contribution in [0.25, 0.3) is 21.5 Å². The van der Waals surface area contributed by atoms with E-state index in [4.69, 9.17) is 0 Å². The van der Waals surface area contributed by atoms with Crippen LogP contribution in [0, 0.1) is 0 Å². The van der Waals surface area contributed by atoms with E-state index in [0.29, 0.717) is 0 Å². The van der Waals surface area contributed by atoms with Gasteiger partial charge in [0.1, 0.15) is 7.05 Å². The summed E-state index contributed by atoms with van der Waals surface area (Å²) in [6, 6.07) is 13.3. The lowest BCUT2D eigenvalue weighted by Crippen LogP contribution is -2.38. The second-order valence-corrected chi connectivity index (χ2v) is 12.1. The Morgan fingerprint density at radius 1 is 1.05 bits per heavy atom. The summed E-state index contributed by atoms with van der Waals surface area (Å²) in [7, 11) is 0.903. The summed E-state index contributed by atoms with van der Waals surface area (Å²) in [4.78, 5) is 0. The van der Waals surface area contributed by atoms with Gasteiger partial charge in [0, 0.05) is 17.9 Å². The summed E-state index contributed by atoms with van der Waals surface area (Å²) in [5.41, 5.74) is 3.05. The first-order chi connectivity index (χ1) is 10.5. The maximum atomic E-state index is 2.54. The first-order valence-corrected chi connectivity index (χ1v) is 11.6. The van der Waals surface area contributed by atoms with Gasteiger partial charge in [0.2, 0.25) is 0 Å². The highest BCUT2D eigenvalue weighted by molar-refractivity contribution is 6.92. The summed E-state index contributed by atoms with van der Waals surface area (Å²) < 4.78 is 2.28. The zero-order valence-corrected chi connectivity index (χ0v) is 15.0. The van der Waals surface area contributed by atoms with Crippen molar-refractivity contribution in [3.05, 3.63) is 47.8 Å². The predicted molar refractivity (Wildman–Crippen MR) is 97.6 cm³/mol. The molecule has 1 aromatic heterocycles. The third kappa shape index (κ3) is 1.86. The van der Waals surface area contributed by atoms with Crippen molar-refractivity contribution in [2.45, 2.75) is 38.9 Å². The molecule has 22 heavy (non-hydrogen) atoms. The third-order valence-electron chi connectivity index (χ3n) is 5.52. The SMILES string of the molecule is CCc1c2cc3c4c(ccc3cc2cc[n+]1C)CC[Si]4(C)C. The van der Waals surface area contributed by atoms with E-state index >= 15 is 0 Å². The monoisotopic (exact) mass is 306 g/mol. The van der Waals surface area contributed by atoms with E-state index in [1.807, 2.05) is 0 Å². The van der Waals surface area contributed by atoms with Crippen molar-refractivity contribution in [1.82, 2.24) is 0 Å². The van der Waals surface area contributed by atoms with Gasteiger partial charge in [-0.05, 0) is 51.5 Å². The molecule has 0 radical (unpaired) electrons. The molecule has 1 nitrogen and oxygen atoms in total. The Kier molecular flexibility index (Phi) is 2.95. The van der Waals surface area contributed by atoms with Crippen molar-refractivity contribution in [2.24, 2.45) is 7.05 Å². The third-order valence-corrected chi connectivity index (χ3v) is 8.97. The molecule has 112 valence electrons. The minimum Gasteiger partial charge on any atom is -0.205 e. The Balaban J connectivity index is 2.16. The largest absolute Gasteiger partial charge is 0.205 e. The predicted octanol–water partition coefficient (Wildman–Crippen LogP) is 3.85. The van der Waals surface area contributed by atoms with E-state index < -0.39 is 8.07 Å². The van der Waals surface area contributed by atoms with Crippen molar-refractivity contribution in [3.8, 4) is 0 Å². The second kappa shape index (κ2) is 4.66. The zero-order chi connectivity index (χ0) is 15.5. The molecule has 0 bridgehead atoms. The van der Waals surface area contributed by atoms with Crippen LogP contribution in [0.3, 0.4) is 0 Å². The van der Waals surface area contributed by atoms with Gasteiger partial charge in [0.15, 0.2) is 11.9 Å². The molecule has 0 unspecified atom stereocenters. The van der Waals surface area contributed by atoms with Gasteiger partial charge < -0.3 is 0 Å². The fourth-order valence-electron chi connectivity index (χ4n) is 4.31. The molecule has 0 spiro atoms. The number of pyridine rings is 1. The topological polar surface area (TPSA) is 3.88 Å². The number of hydrogen-bond acceptors (Lipinski definition) is 0. The maximum absolute atomic E-state index is 2.54. The van der Waals surface area contributed by atoms with Gasteiger partial charge >= 0.3 is 0 Å². The molecule has 2 heteroatoms. The highest BCUT2D eigenvalue weighted by Crippen LogP contribution is 2.31. The van der Waals surface area contributed by atoms with Gasteiger partial charge in [-0.3, -0.25) is 0 Å². The van der Waals surface area contributed by atoms with E-state index in [1.165, 1.54) is 39.7 Å². The lowest BCUT2D eigenvalue weighted by molar-refractivity contribution is -0.677. The minimum atomic E-state index is -1.26. The van der Waals surface area contributed by atoms with Gasteiger partial charge in [-0.1, -0.05) is 32.2 Å². The van der Waals surface area contributed by atoms with Crippen molar-refractivity contribution < 1.29 is 4.57 Å². The molecule has 1 aliphatic heterocycles. The average Bonchev–Trinajstić information content (AvgIpc) is 2.81. The number of nitrogens with zero attached hydrogens (tertiary/aromatic N) is 1. The molecule has 0 fully saturated rings. The van der Waals surface area contributed by atoms with Crippen molar-refractivity contribution in [1.29, 1.82) is 0 Å². The number of hydrogen-bond donors (Lipinski definition) is 0. The second-order valence-electron chi connectivity index (χ2n) is 7.37. The molecule has 2 aromatic carbocycles. The Labute approximate surface area is 133 Å². The minimum absolute atomic E-state index is 1.08. The summed E-state index contributed by atoms with van der Waals surface area (Å²) in [5, 5.41) is 7.48. The van der Waals surface area contributed by atoms with Crippen molar-refractivity contribution >= 4 is 34.8 Å². The van der Waals surface area contributed by atoms with Gasteiger partial charge in [-0.2, -0.15) is 0 Å². The van der Waals surface area contributed by atoms with Crippen LogP contribution in [-0.2, 0) is 19.9 Å². The zero-order valence-electron chi connectivity index (χ0n) is 14.0. The van der Waals surface area contributed by atoms with E-state index in [-0.39, 0.29) is 0 Å². The maximum Gasteiger partial charge on any atom is 0.188 e. The van der Waals surface area contributed by atoms with Crippen LogP contribution in [0.1, 0.15) is 18.2 Å².